The molecule has 0 aromatic carbocycles. The molecule has 0 aromatic heterocycles. The fourth-order valence-electron chi connectivity index (χ4n) is 2.66. The Labute approximate surface area is 74.4 Å². The molecule has 2 aliphatic rings. The quantitative estimate of drug-likeness (QED) is 0.622. The fraction of sp³-hybridized carbons (Fsp3) is 1.00. The predicted molar refractivity (Wildman–Crippen MR) is 49.1 cm³/mol. The minimum Gasteiger partial charge on any atom is -0.388 e. The third-order valence-electron chi connectivity index (χ3n) is 3.43. The largest absolute Gasteiger partial charge is 0.388 e. The maximum absolute atomic E-state index is 10.3. The van der Waals surface area contributed by atoms with Gasteiger partial charge in [-0.3, -0.25) is 0 Å². The Kier molecular flexibility index (Phi) is 2.37. The summed E-state index contributed by atoms with van der Waals surface area (Å²) in [5.41, 5.74) is -0.352. The molecule has 0 bridgehead atoms. The summed E-state index contributed by atoms with van der Waals surface area (Å²) in [7, 11) is 0. The van der Waals surface area contributed by atoms with Gasteiger partial charge in [0.15, 0.2) is 0 Å². The topological polar surface area (TPSA) is 32.3 Å². The molecule has 2 fully saturated rings. The third kappa shape index (κ3) is 1.50. The number of nitrogens with one attached hydrogen (secondary N) is 1. The summed E-state index contributed by atoms with van der Waals surface area (Å²) in [4.78, 5) is 0. The van der Waals surface area contributed by atoms with Gasteiger partial charge in [0.2, 0.25) is 0 Å². The van der Waals surface area contributed by atoms with Crippen molar-refractivity contribution in [3.05, 3.63) is 0 Å². The normalized spacial score (nSPS) is 35.2. The average Bonchev–Trinajstić information content (AvgIpc) is 2.58. The lowest BCUT2D eigenvalue weighted by Gasteiger charge is -2.37. The summed E-state index contributed by atoms with van der Waals surface area (Å²) < 4.78 is 0. The second-order valence-corrected chi connectivity index (χ2v) is 4.31. The second kappa shape index (κ2) is 3.35. The monoisotopic (exact) mass is 169 g/mol. The Bertz CT molecular complexity index is 146. The van der Waals surface area contributed by atoms with Crippen molar-refractivity contribution in [2.24, 2.45) is 0 Å². The molecule has 1 unspecified atom stereocenters. The van der Waals surface area contributed by atoms with Crippen LogP contribution >= 0.6 is 0 Å². The predicted octanol–water partition coefficient (Wildman–Crippen LogP) is 1.43. The van der Waals surface area contributed by atoms with E-state index < -0.39 is 0 Å². The highest BCUT2D eigenvalue weighted by molar-refractivity contribution is 4.96. The molecule has 12 heavy (non-hydrogen) atoms. The van der Waals surface area contributed by atoms with Crippen molar-refractivity contribution in [2.45, 2.75) is 56.6 Å². The Hall–Kier alpha value is -0.0800. The van der Waals surface area contributed by atoms with Gasteiger partial charge in [0.25, 0.3) is 0 Å². The molecule has 70 valence electrons. The molecule has 0 radical (unpaired) electrons. The van der Waals surface area contributed by atoms with Crippen LogP contribution in [0.5, 0.6) is 0 Å². The Morgan fingerprint density at radius 2 is 1.83 bits per heavy atom. The molecule has 1 aliphatic heterocycles. The highest BCUT2D eigenvalue weighted by Crippen LogP contribution is 2.33. The van der Waals surface area contributed by atoms with Crippen LogP contribution in [0.2, 0.25) is 0 Å². The van der Waals surface area contributed by atoms with Crippen molar-refractivity contribution < 1.29 is 5.11 Å². The third-order valence-corrected chi connectivity index (χ3v) is 3.43. The van der Waals surface area contributed by atoms with E-state index in [2.05, 4.69) is 5.32 Å². The van der Waals surface area contributed by atoms with Gasteiger partial charge in [-0.05, 0) is 32.2 Å². The van der Waals surface area contributed by atoms with E-state index in [1.165, 1.54) is 32.1 Å². The van der Waals surface area contributed by atoms with E-state index in [9.17, 15) is 5.11 Å². The molecular formula is C10H19NO. The zero-order valence-corrected chi connectivity index (χ0v) is 7.68. The molecule has 2 heteroatoms. The van der Waals surface area contributed by atoms with Gasteiger partial charge in [-0.15, -0.1) is 0 Å². The van der Waals surface area contributed by atoms with E-state index in [0.717, 1.165) is 19.4 Å². The minimum atomic E-state index is -0.352. The lowest BCUT2D eigenvalue weighted by Crippen LogP contribution is -2.48. The molecule has 0 spiro atoms. The fourth-order valence-corrected chi connectivity index (χ4v) is 2.66. The van der Waals surface area contributed by atoms with Gasteiger partial charge < -0.3 is 10.4 Å². The van der Waals surface area contributed by atoms with Crippen LogP contribution in [0.3, 0.4) is 0 Å². The maximum atomic E-state index is 10.3. The first-order valence-electron chi connectivity index (χ1n) is 5.27. The molecule has 0 aromatic rings. The standard InChI is InChI=1S/C10H19NO/c12-10(6-2-1-3-7-10)9-5-4-8-11-9/h9,11-12H,1-8H2. The summed E-state index contributed by atoms with van der Waals surface area (Å²) in [5.74, 6) is 0. The highest BCUT2D eigenvalue weighted by Gasteiger charge is 2.38. The summed E-state index contributed by atoms with van der Waals surface area (Å²) in [6, 6.07) is 0.401. The van der Waals surface area contributed by atoms with Gasteiger partial charge in [0.05, 0.1) is 5.60 Å². The highest BCUT2D eigenvalue weighted by atomic mass is 16.3. The second-order valence-electron chi connectivity index (χ2n) is 4.31. The molecule has 2 nitrogen and oxygen atoms in total. The van der Waals surface area contributed by atoms with Crippen molar-refractivity contribution in [3.63, 3.8) is 0 Å². The first-order valence-corrected chi connectivity index (χ1v) is 5.27. The van der Waals surface area contributed by atoms with Gasteiger partial charge in [0, 0.05) is 6.04 Å². The summed E-state index contributed by atoms with van der Waals surface area (Å²) in [5, 5.41) is 13.7. The van der Waals surface area contributed by atoms with Gasteiger partial charge in [-0.1, -0.05) is 19.3 Å². The molecule has 1 saturated heterocycles. The van der Waals surface area contributed by atoms with Crippen LogP contribution in [0.15, 0.2) is 0 Å². The van der Waals surface area contributed by atoms with Crippen molar-refractivity contribution in [1.82, 2.24) is 5.32 Å². The first-order chi connectivity index (χ1) is 5.81. The van der Waals surface area contributed by atoms with E-state index in [0.29, 0.717) is 6.04 Å². The Morgan fingerprint density at radius 3 is 2.42 bits per heavy atom. The lowest BCUT2D eigenvalue weighted by atomic mass is 9.79. The van der Waals surface area contributed by atoms with Crippen LogP contribution in [-0.2, 0) is 0 Å². The van der Waals surface area contributed by atoms with Crippen LogP contribution in [0.25, 0.3) is 0 Å². The summed E-state index contributed by atoms with van der Waals surface area (Å²) >= 11 is 0. The van der Waals surface area contributed by atoms with Crippen LogP contribution in [0.4, 0.5) is 0 Å². The van der Waals surface area contributed by atoms with Gasteiger partial charge >= 0.3 is 0 Å². The zero-order chi connectivity index (χ0) is 8.44. The molecule has 1 atom stereocenters. The molecular weight excluding hydrogens is 150 g/mol. The Morgan fingerprint density at radius 1 is 1.08 bits per heavy atom. The number of hydrogen-bond acceptors (Lipinski definition) is 2. The minimum absolute atomic E-state index is 0.352. The van der Waals surface area contributed by atoms with Crippen LogP contribution in [0.1, 0.15) is 44.9 Å². The van der Waals surface area contributed by atoms with E-state index in [4.69, 9.17) is 0 Å². The van der Waals surface area contributed by atoms with E-state index in [-0.39, 0.29) is 5.60 Å². The van der Waals surface area contributed by atoms with Gasteiger partial charge in [-0.25, -0.2) is 0 Å². The number of rotatable bonds is 1. The molecule has 1 saturated carbocycles. The SMILES string of the molecule is OC1(C2CCCN2)CCCCC1. The van der Waals surface area contributed by atoms with Crippen molar-refractivity contribution in [1.29, 1.82) is 0 Å². The van der Waals surface area contributed by atoms with Crippen LogP contribution in [0, 0.1) is 0 Å². The van der Waals surface area contributed by atoms with E-state index in [1.807, 2.05) is 0 Å². The van der Waals surface area contributed by atoms with Crippen molar-refractivity contribution in [2.75, 3.05) is 6.54 Å². The van der Waals surface area contributed by atoms with E-state index >= 15 is 0 Å². The molecule has 2 N–H and O–H groups in total. The maximum Gasteiger partial charge on any atom is 0.0800 e. The van der Waals surface area contributed by atoms with E-state index in [1.54, 1.807) is 0 Å². The molecule has 0 amide bonds. The average molecular weight is 169 g/mol. The smallest absolute Gasteiger partial charge is 0.0800 e. The van der Waals surface area contributed by atoms with Gasteiger partial charge in [0.1, 0.15) is 0 Å². The van der Waals surface area contributed by atoms with Crippen molar-refractivity contribution >= 4 is 0 Å². The summed E-state index contributed by atoms with van der Waals surface area (Å²) in [6.45, 7) is 1.10. The number of hydrogen-bond donors (Lipinski definition) is 2. The summed E-state index contributed by atoms with van der Waals surface area (Å²) in [6.07, 6.45) is 8.21. The Balaban J connectivity index is 1.97. The van der Waals surface area contributed by atoms with Crippen LogP contribution < -0.4 is 5.32 Å². The van der Waals surface area contributed by atoms with Crippen molar-refractivity contribution in [3.8, 4) is 0 Å². The van der Waals surface area contributed by atoms with Crippen LogP contribution in [-0.4, -0.2) is 23.3 Å². The number of aliphatic hydroxyl groups is 1. The lowest BCUT2D eigenvalue weighted by molar-refractivity contribution is -0.0250. The first kappa shape index (κ1) is 8.52. The molecule has 1 aliphatic carbocycles. The zero-order valence-electron chi connectivity index (χ0n) is 7.68. The van der Waals surface area contributed by atoms with Gasteiger partial charge in [-0.2, -0.15) is 0 Å². The molecule has 2 rings (SSSR count). The molecule has 1 heterocycles.